The van der Waals surface area contributed by atoms with Gasteiger partial charge in [-0.05, 0) is 61.6 Å². The van der Waals surface area contributed by atoms with E-state index in [2.05, 4.69) is 65.2 Å². The molecule has 2 amide bonds. The molecule has 0 fully saturated rings. The Morgan fingerprint density at radius 3 is 2.50 bits per heavy atom. The van der Waals surface area contributed by atoms with Gasteiger partial charge in [-0.3, -0.25) is 9.99 Å². The standard InChI is InChI=1S/C32H34ClN5O2/c1-6-38-23(5)29(35-32(39)36-31-21(3)19-34-20-28(31)33)18-30(37-38)27-13-9-12-26(17-27)25-11-8-10-24(16-25)15-14-22(4)40-7-2/h8-13,16-20H,4-7,14-15H2,1-3H3,(H2,34,35,36,39). The SMILES string of the molecule is C=C(CCc1cccc(-c2cccc(C3=NN(CC)C(=C)C(NC(=O)Nc4c(C)cncc4Cl)=C3)c2)c1)OCC. The summed E-state index contributed by atoms with van der Waals surface area (Å²) in [5.41, 5.74) is 7.45. The van der Waals surface area contributed by atoms with Gasteiger partial charge in [0, 0.05) is 30.9 Å². The van der Waals surface area contributed by atoms with Crippen LogP contribution in [0.25, 0.3) is 11.1 Å². The summed E-state index contributed by atoms with van der Waals surface area (Å²) < 4.78 is 5.50. The number of anilines is 1. The minimum absolute atomic E-state index is 0.365. The Bertz CT molecular complexity index is 1470. The molecule has 206 valence electrons. The lowest BCUT2D eigenvalue weighted by atomic mass is 9.97. The lowest BCUT2D eigenvalue weighted by molar-refractivity contribution is 0.220. The number of benzene rings is 2. The molecule has 2 aromatic carbocycles. The van der Waals surface area contributed by atoms with E-state index in [0.29, 0.717) is 41.0 Å². The van der Waals surface area contributed by atoms with E-state index in [9.17, 15) is 4.79 Å². The van der Waals surface area contributed by atoms with Crippen LogP contribution in [0.1, 0.15) is 37.0 Å². The zero-order valence-corrected chi connectivity index (χ0v) is 23.9. The molecular weight excluding hydrogens is 522 g/mol. The van der Waals surface area contributed by atoms with Crippen molar-refractivity contribution >= 4 is 29.0 Å². The number of nitrogens with zero attached hydrogens (tertiary/aromatic N) is 3. The number of hydrazone groups is 1. The highest BCUT2D eigenvalue weighted by molar-refractivity contribution is 6.33. The maximum absolute atomic E-state index is 12.9. The zero-order valence-electron chi connectivity index (χ0n) is 23.1. The lowest BCUT2D eigenvalue weighted by Gasteiger charge is -2.27. The van der Waals surface area contributed by atoms with E-state index in [4.69, 9.17) is 21.4 Å². The topological polar surface area (TPSA) is 78.9 Å². The van der Waals surface area contributed by atoms with Crippen molar-refractivity contribution in [2.45, 2.75) is 33.6 Å². The number of hydrogen-bond acceptors (Lipinski definition) is 5. The van der Waals surface area contributed by atoms with Crippen molar-refractivity contribution < 1.29 is 9.53 Å². The molecule has 0 radical (unpaired) electrons. The number of carbonyl (C=O) groups excluding carboxylic acids is 1. The first-order valence-electron chi connectivity index (χ1n) is 13.2. The van der Waals surface area contributed by atoms with Crippen molar-refractivity contribution in [3.8, 4) is 11.1 Å². The number of rotatable bonds is 10. The third-order valence-corrected chi connectivity index (χ3v) is 6.75. The third kappa shape index (κ3) is 6.98. The van der Waals surface area contributed by atoms with Crippen LogP contribution in [0.2, 0.25) is 5.02 Å². The first kappa shape index (κ1) is 28.6. The van der Waals surface area contributed by atoms with Crippen molar-refractivity contribution in [2.75, 3.05) is 18.5 Å². The molecule has 0 aliphatic carbocycles. The van der Waals surface area contributed by atoms with Crippen molar-refractivity contribution in [3.05, 3.63) is 119 Å². The van der Waals surface area contributed by atoms with Gasteiger partial charge >= 0.3 is 6.03 Å². The summed E-state index contributed by atoms with van der Waals surface area (Å²) in [7, 11) is 0. The van der Waals surface area contributed by atoms with Crippen LogP contribution in [0, 0.1) is 6.92 Å². The molecule has 0 unspecified atom stereocenters. The number of amides is 2. The Morgan fingerprint density at radius 1 is 1.05 bits per heavy atom. The highest BCUT2D eigenvalue weighted by atomic mass is 35.5. The largest absolute Gasteiger partial charge is 0.499 e. The molecule has 4 rings (SSSR count). The van der Waals surface area contributed by atoms with Gasteiger partial charge in [0.15, 0.2) is 0 Å². The molecule has 40 heavy (non-hydrogen) atoms. The number of pyridine rings is 1. The zero-order chi connectivity index (χ0) is 28.6. The number of urea groups is 1. The molecular formula is C32H34ClN5O2. The summed E-state index contributed by atoms with van der Waals surface area (Å²) in [6.45, 7) is 15.1. The summed E-state index contributed by atoms with van der Waals surface area (Å²) in [6, 6.07) is 16.3. The predicted octanol–water partition coefficient (Wildman–Crippen LogP) is 7.45. The maximum atomic E-state index is 12.9. The molecule has 2 N–H and O–H groups in total. The number of ether oxygens (including phenoxy) is 1. The number of hydrogen-bond donors (Lipinski definition) is 2. The first-order chi connectivity index (χ1) is 19.3. The number of carbonyl (C=O) groups is 1. The summed E-state index contributed by atoms with van der Waals surface area (Å²) in [5.74, 6) is 0.802. The molecule has 1 aromatic heterocycles. The quantitative estimate of drug-likeness (QED) is 0.255. The van der Waals surface area contributed by atoms with Gasteiger partial charge in [0.2, 0.25) is 0 Å². The van der Waals surface area contributed by atoms with Crippen molar-refractivity contribution in [1.82, 2.24) is 15.3 Å². The minimum atomic E-state index is -0.432. The summed E-state index contributed by atoms with van der Waals surface area (Å²) in [5, 5.41) is 12.7. The van der Waals surface area contributed by atoms with E-state index in [0.717, 1.165) is 40.9 Å². The van der Waals surface area contributed by atoms with Crippen LogP contribution in [-0.4, -0.2) is 34.9 Å². The van der Waals surface area contributed by atoms with E-state index in [1.54, 1.807) is 11.2 Å². The predicted molar refractivity (Wildman–Crippen MR) is 163 cm³/mol. The number of allylic oxidation sites excluding steroid dienone is 2. The molecule has 7 nitrogen and oxygen atoms in total. The molecule has 0 spiro atoms. The number of aryl methyl sites for hydroxylation is 2. The first-order valence-corrected chi connectivity index (χ1v) is 13.6. The highest BCUT2D eigenvalue weighted by Gasteiger charge is 2.21. The number of likely N-dealkylation sites (N-methyl/N-ethyl adjacent to an activating group) is 1. The Kier molecular flexibility index (Phi) is 9.40. The van der Waals surface area contributed by atoms with Crippen LogP contribution < -0.4 is 10.6 Å². The maximum Gasteiger partial charge on any atom is 0.323 e. The Labute approximate surface area is 240 Å². The third-order valence-electron chi connectivity index (χ3n) is 6.47. The van der Waals surface area contributed by atoms with Gasteiger partial charge < -0.3 is 15.4 Å². The van der Waals surface area contributed by atoms with Crippen LogP contribution in [0.4, 0.5) is 10.5 Å². The molecule has 1 aliphatic heterocycles. The lowest BCUT2D eigenvalue weighted by Crippen LogP contribution is -2.35. The molecule has 0 saturated carbocycles. The second kappa shape index (κ2) is 13.1. The van der Waals surface area contributed by atoms with Gasteiger partial charge in [-0.1, -0.05) is 67.2 Å². The monoisotopic (exact) mass is 555 g/mol. The fourth-order valence-electron chi connectivity index (χ4n) is 4.37. The van der Waals surface area contributed by atoms with Crippen molar-refractivity contribution in [2.24, 2.45) is 5.10 Å². The minimum Gasteiger partial charge on any atom is -0.499 e. The van der Waals surface area contributed by atoms with Gasteiger partial charge in [0.05, 0.1) is 40.2 Å². The molecule has 0 bridgehead atoms. The van der Waals surface area contributed by atoms with Crippen LogP contribution >= 0.6 is 11.6 Å². The molecule has 8 heteroatoms. The second-order valence-corrected chi connectivity index (χ2v) is 9.76. The molecule has 0 atom stereocenters. The Hall–Kier alpha value is -4.36. The Morgan fingerprint density at radius 2 is 1.77 bits per heavy atom. The van der Waals surface area contributed by atoms with Crippen LogP contribution in [0.3, 0.4) is 0 Å². The number of halogens is 1. The fraction of sp³-hybridized carbons (Fsp3) is 0.219. The van der Waals surface area contributed by atoms with Crippen molar-refractivity contribution in [3.63, 3.8) is 0 Å². The van der Waals surface area contributed by atoms with E-state index in [1.165, 1.54) is 11.8 Å². The van der Waals surface area contributed by atoms with E-state index >= 15 is 0 Å². The molecule has 0 saturated heterocycles. The van der Waals surface area contributed by atoms with Gasteiger partial charge in [-0.25, -0.2) is 4.79 Å². The fourth-order valence-corrected chi connectivity index (χ4v) is 4.62. The summed E-state index contributed by atoms with van der Waals surface area (Å²) in [4.78, 5) is 17.0. The van der Waals surface area contributed by atoms with Crippen molar-refractivity contribution in [1.29, 1.82) is 0 Å². The highest BCUT2D eigenvalue weighted by Crippen LogP contribution is 2.27. The number of nitrogens with one attached hydrogen (secondary N) is 2. The van der Waals surface area contributed by atoms with Gasteiger partial charge in [-0.2, -0.15) is 5.10 Å². The molecule has 2 heterocycles. The summed E-state index contributed by atoms with van der Waals surface area (Å²) >= 11 is 6.24. The Balaban J connectivity index is 1.56. The normalized spacial score (nSPS) is 12.9. The van der Waals surface area contributed by atoms with E-state index in [1.807, 2.05) is 39.0 Å². The van der Waals surface area contributed by atoms with Crippen LogP contribution in [-0.2, 0) is 11.2 Å². The van der Waals surface area contributed by atoms with Gasteiger partial charge in [-0.15, -0.1) is 0 Å². The summed E-state index contributed by atoms with van der Waals surface area (Å²) in [6.07, 6.45) is 6.61. The van der Waals surface area contributed by atoms with Crippen LogP contribution in [0.15, 0.2) is 102 Å². The molecule has 3 aromatic rings. The average molecular weight is 556 g/mol. The van der Waals surface area contributed by atoms with Gasteiger partial charge in [0.1, 0.15) is 0 Å². The second-order valence-electron chi connectivity index (χ2n) is 9.35. The average Bonchev–Trinajstić information content (AvgIpc) is 2.95. The van der Waals surface area contributed by atoms with E-state index < -0.39 is 6.03 Å². The van der Waals surface area contributed by atoms with Gasteiger partial charge in [0.25, 0.3) is 0 Å². The smallest absolute Gasteiger partial charge is 0.323 e. The molecule has 1 aliphatic rings. The van der Waals surface area contributed by atoms with E-state index in [-0.39, 0.29) is 0 Å². The number of aromatic nitrogens is 1. The van der Waals surface area contributed by atoms with Crippen LogP contribution in [0.5, 0.6) is 0 Å².